The van der Waals surface area contributed by atoms with Crippen molar-refractivity contribution in [1.82, 2.24) is 10.2 Å². The largest absolute Gasteiger partial charge is 0.457 e. The van der Waals surface area contributed by atoms with Crippen LogP contribution in [0, 0.1) is 5.92 Å². The molecule has 1 aliphatic rings. The lowest BCUT2D eigenvalue weighted by molar-refractivity contribution is -0.137. The third-order valence-electron chi connectivity index (χ3n) is 6.01. The Kier molecular flexibility index (Phi) is 6.11. The molecule has 7 heteroatoms. The molecule has 1 atom stereocenters. The summed E-state index contributed by atoms with van der Waals surface area (Å²) < 4.78 is 44.1. The number of fused-ring (bicyclic) bond motifs is 1. The van der Waals surface area contributed by atoms with Gasteiger partial charge in [0.05, 0.1) is 5.56 Å². The van der Waals surface area contributed by atoms with Crippen molar-refractivity contribution in [1.29, 1.82) is 0 Å². The summed E-state index contributed by atoms with van der Waals surface area (Å²) in [5.74, 6) is 1.16. The monoisotopic (exact) mass is 442 g/mol. The van der Waals surface area contributed by atoms with Crippen molar-refractivity contribution in [2.75, 3.05) is 19.6 Å². The lowest BCUT2D eigenvalue weighted by Gasteiger charge is -2.42. The normalized spacial score (nSPS) is 15.9. The van der Waals surface area contributed by atoms with Gasteiger partial charge in [-0.15, -0.1) is 0 Å². The molecule has 0 unspecified atom stereocenters. The van der Waals surface area contributed by atoms with Crippen molar-refractivity contribution in [2.24, 2.45) is 5.92 Å². The average Bonchev–Trinajstić information content (AvgIpc) is 2.72. The number of likely N-dealkylation sites (tertiary alicyclic amines) is 1. The standard InChI is InChI=1S/C25H25F3N2O2/c1-3-30-14-19(15-30)16(2)29-24(31)18-7-12-22-17(13-18)5-4-6-23(22)32-21-10-8-20(9-11-21)25(26,27)28/h4-13,16,19H,3,14-15H2,1-2H3,(H,29,31)/t16-/m1/s1. The van der Waals surface area contributed by atoms with Crippen LogP contribution in [0.2, 0.25) is 0 Å². The third-order valence-corrected chi connectivity index (χ3v) is 6.01. The number of benzene rings is 3. The molecule has 1 aliphatic heterocycles. The highest BCUT2D eigenvalue weighted by Gasteiger charge is 2.31. The third kappa shape index (κ3) is 4.72. The summed E-state index contributed by atoms with van der Waals surface area (Å²) in [4.78, 5) is 15.1. The summed E-state index contributed by atoms with van der Waals surface area (Å²) in [7, 11) is 0. The van der Waals surface area contributed by atoms with E-state index in [0.29, 0.717) is 23.0 Å². The fourth-order valence-corrected chi connectivity index (χ4v) is 3.92. The first-order chi connectivity index (χ1) is 15.2. The first-order valence-electron chi connectivity index (χ1n) is 10.7. The van der Waals surface area contributed by atoms with Gasteiger partial charge in [0.1, 0.15) is 11.5 Å². The number of hydrogen-bond donors (Lipinski definition) is 1. The van der Waals surface area contributed by atoms with Gasteiger partial charge >= 0.3 is 6.18 Å². The number of hydrogen-bond acceptors (Lipinski definition) is 3. The van der Waals surface area contributed by atoms with E-state index in [2.05, 4.69) is 17.1 Å². The summed E-state index contributed by atoms with van der Waals surface area (Å²) in [6, 6.07) is 15.4. The predicted octanol–water partition coefficient (Wildman–Crippen LogP) is 5.72. The molecule has 168 valence electrons. The molecule has 4 nitrogen and oxygen atoms in total. The maximum atomic E-state index is 12.8. The molecule has 1 heterocycles. The van der Waals surface area contributed by atoms with Crippen LogP contribution in [0.4, 0.5) is 13.2 Å². The summed E-state index contributed by atoms with van der Waals surface area (Å²) in [5, 5.41) is 4.68. The zero-order valence-electron chi connectivity index (χ0n) is 17.9. The van der Waals surface area contributed by atoms with Gasteiger partial charge in [0.25, 0.3) is 5.91 Å². The zero-order chi connectivity index (χ0) is 22.9. The Bertz CT molecular complexity index is 1110. The van der Waals surface area contributed by atoms with Gasteiger partial charge < -0.3 is 15.0 Å². The Morgan fingerprint density at radius 1 is 1.12 bits per heavy atom. The topological polar surface area (TPSA) is 41.6 Å². The highest BCUT2D eigenvalue weighted by Crippen LogP contribution is 2.34. The van der Waals surface area contributed by atoms with E-state index in [1.54, 1.807) is 30.3 Å². The minimum absolute atomic E-state index is 0.0929. The van der Waals surface area contributed by atoms with Crippen LogP contribution in [0.15, 0.2) is 60.7 Å². The van der Waals surface area contributed by atoms with Gasteiger partial charge in [-0.3, -0.25) is 4.79 Å². The van der Waals surface area contributed by atoms with E-state index in [4.69, 9.17) is 4.74 Å². The minimum Gasteiger partial charge on any atom is -0.457 e. The van der Waals surface area contributed by atoms with E-state index >= 15 is 0 Å². The van der Waals surface area contributed by atoms with Gasteiger partial charge in [-0.25, -0.2) is 0 Å². The number of carbonyl (C=O) groups excluding carboxylic acids is 1. The number of nitrogens with one attached hydrogen (secondary N) is 1. The first-order valence-corrected chi connectivity index (χ1v) is 10.7. The van der Waals surface area contributed by atoms with E-state index in [1.807, 2.05) is 13.0 Å². The Hall–Kier alpha value is -3.06. The highest BCUT2D eigenvalue weighted by molar-refractivity contribution is 6.00. The van der Waals surface area contributed by atoms with Crippen LogP contribution in [-0.2, 0) is 6.18 Å². The Labute approximate surface area is 185 Å². The second-order valence-corrected chi connectivity index (χ2v) is 8.19. The molecular weight excluding hydrogens is 417 g/mol. The van der Waals surface area contributed by atoms with Gasteiger partial charge in [0.2, 0.25) is 0 Å². The number of rotatable bonds is 6. The second-order valence-electron chi connectivity index (χ2n) is 8.19. The molecule has 0 saturated carbocycles. The van der Waals surface area contributed by atoms with E-state index in [9.17, 15) is 18.0 Å². The molecule has 0 bridgehead atoms. The van der Waals surface area contributed by atoms with Crippen LogP contribution in [0.3, 0.4) is 0 Å². The molecule has 4 rings (SSSR count). The predicted molar refractivity (Wildman–Crippen MR) is 118 cm³/mol. The van der Waals surface area contributed by atoms with Crippen molar-refractivity contribution in [2.45, 2.75) is 26.1 Å². The number of ether oxygens (including phenoxy) is 1. The van der Waals surface area contributed by atoms with Crippen molar-refractivity contribution < 1.29 is 22.7 Å². The fourth-order valence-electron chi connectivity index (χ4n) is 3.92. The molecule has 1 N–H and O–H groups in total. The molecule has 3 aromatic rings. The van der Waals surface area contributed by atoms with Gasteiger partial charge in [-0.05, 0) is 67.4 Å². The second kappa shape index (κ2) is 8.82. The van der Waals surface area contributed by atoms with Gasteiger partial charge in [0, 0.05) is 36.0 Å². The Balaban J connectivity index is 1.48. The summed E-state index contributed by atoms with van der Waals surface area (Å²) in [6.45, 7) is 7.19. The molecule has 0 aliphatic carbocycles. The lowest BCUT2D eigenvalue weighted by Crippen LogP contribution is -2.55. The van der Waals surface area contributed by atoms with Crippen LogP contribution in [0.1, 0.15) is 29.8 Å². The van der Waals surface area contributed by atoms with Crippen molar-refractivity contribution >= 4 is 16.7 Å². The molecule has 32 heavy (non-hydrogen) atoms. The van der Waals surface area contributed by atoms with Crippen molar-refractivity contribution in [3.8, 4) is 11.5 Å². The Morgan fingerprint density at radius 2 is 1.84 bits per heavy atom. The van der Waals surface area contributed by atoms with E-state index in [0.717, 1.165) is 42.5 Å². The van der Waals surface area contributed by atoms with E-state index in [-0.39, 0.29) is 11.9 Å². The number of amides is 1. The van der Waals surface area contributed by atoms with Crippen molar-refractivity contribution in [3.63, 3.8) is 0 Å². The minimum atomic E-state index is -4.39. The molecule has 0 aromatic heterocycles. The quantitative estimate of drug-likeness (QED) is 0.531. The summed E-state index contributed by atoms with van der Waals surface area (Å²) in [6.07, 6.45) is -4.39. The molecule has 1 saturated heterocycles. The van der Waals surface area contributed by atoms with Gasteiger partial charge in [-0.1, -0.05) is 19.1 Å². The van der Waals surface area contributed by atoms with Gasteiger partial charge in [0.15, 0.2) is 0 Å². The molecule has 1 fully saturated rings. The average molecular weight is 442 g/mol. The summed E-state index contributed by atoms with van der Waals surface area (Å²) in [5.41, 5.74) is -0.167. The number of alkyl halides is 3. The smallest absolute Gasteiger partial charge is 0.416 e. The van der Waals surface area contributed by atoms with Crippen LogP contribution in [-0.4, -0.2) is 36.5 Å². The lowest BCUT2D eigenvalue weighted by atomic mass is 9.92. The zero-order valence-corrected chi connectivity index (χ0v) is 17.9. The van der Waals surface area contributed by atoms with Crippen LogP contribution in [0.5, 0.6) is 11.5 Å². The maximum Gasteiger partial charge on any atom is 0.416 e. The van der Waals surface area contributed by atoms with Crippen molar-refractivity contribution in [3.05, 3.63) is 71.8 Å². The van der Waals surface area contributed by atoms with Crippen LogP contribution in [0.25, 0.3) is 10.8 Å². The molecule has 0 radical (unpaired) electrons. The number of nitrogens with zero attached hydrogens (tertiary/aromatic N) is 1. The maximum absolute atomic E-state index is 12.8. The van der Waals surface area contributed by atoms with E-state index < -0.39 is 11.7 Å². The summed E-state index contributed by atoms with van der Waals surface area (Å²) >= 11 is 0. The highest BCUT2D eigenvalue weighted by atomic mass is 19.4. The Morgan fingerprint density at radius 3 is 2.50 bits per heavy atom. The molecule has 1 amide bonds. The number of carbonyl (C=O) groups is 1. The van der Waals surface area contributed by atoms with Crippen LogP contribution < -0.4 is 10.1 Å². The molecule has 3 aromatic carbocycles. The number of halogens is 3. The van der Waals surface area contributed by atoms with Crippen LogP contribution >= 0.6 is 0 Å². The fraction of sp³-hybridized carbons (Fsp3) is 0.320. The first kappa shape index (κ1) is 22.1. The van der Waals surface area contributed by atoms with E-state index in [1.165, 1.54) is 12.1 Å². The SMILES string of the molecule is CCN1CC([C@@H](C)NC(=O)c2ccc3c(Oc4ccc(C(F)(F)F)cc4)cccc3c2)C1. The van der Waals surface area contributed by atoms with Gasteiger partial charge in [-0.2, -0.15) is 13.2 Å². The molecular formula is C25H25F3N2O2. The molecule has 0 spiro atoms.